The van der Waals surface area contributed by atoms with E-state index in [0.29, 0.717) is 5.52 Å². The van der Waals surface area contributed by atoms with Crippen molar-refractivity contribution < 1.29 is 14.5 Å². The number of anilines is 1. The van der Waals surface area contributed by atoms with Crippen LogP contribution in [0.25, 0.3) is 10.2 Å². The summed E-state index contributed by atoms with van der Waals surface area (Å²) in [6, 6.07) is 3.05. The van der Waals surface area contributed by atoms with Crippen LogP contribution in [0.2, 0.25) is 0 Å². The van der Waals surface area contributed by atoms with Crippen LogP contribution >= 0.6 is 11.3 Å². The number of nitrogens with one attached hydrogen (secondary N) is 1. The van der Waals surface area contributed by atoms with Gasteiger partial charge in [-0.25, -0.2) is 4.98 Å². The number of nitrogens with zero attached hydrogens (tertiary/aromatic N) is 2. The molecule has 0 bridgehead atoms. The number of hydrogen-bond acceptors (Lipinski definition) is 7. The molecule has 1 heterocycles. The van der Waals surface area contributed by atoms with Gasteiger partial charge in [-0.3, -0.25) is 14.9 Å². The fourth-order valence-electron chi connectivity index (χ4n) is 1.75. The maximum Gasteiger partial charge on any atom is 0.325 e. The van der Waals surface area contributed by atoms with Crippen LogP contribution < -0.4 is 5.32 Å². The van der Waals surface area contributed by atoms with Crippen molar-refractivity contribution in [3.8, 4) is 0 Å². The van der Waals surface area contributed by atoms with E-state index < -0.39 is 10.9 Å². The molecule has 0 saturated heterocycles. The molecule has 20 heavy (non-hydrogen) atoms. The number of hydrogen-bond donors (Lipinski definition) is 1. The maximum atomic E-state index is 11.3. The Morgan fingerprint density at radius 3 is 2.95 bits per heavy atom. The number of esters is 1. The van der Waals surface area contributed by atoms with Crippen molar-refractivity contribution in [1.82, 2.24) is 4.98 Å². The number of ether oxygens (including phenoxy) is 1. The van der Waals surface area contributed by atoms with Crippen LogP contribution in [-0.2, 0) is 9.53 Å². The van der Waals surface area contributed by atoms with Gasteiger partial charge in [0.1, 0.15) is 12.2 Å². The third kappa shape index (κ3) is 3.02. The summed E-state index contributed by atoms with van der Waals surface area (Å²) in [5.41, 5.74) is 0.857. The van der Waals surface area contributed by atoms with Crippen molar-refractivity contribution in [2.45, 2.75) is 13.8 Å². The molecule has 0 unspecified atom stereocenters. The smallest absolute Gasteiger partial charge is 0.325 e. The summed E-state index contributed by atoms with van der Waals surface area (Å²) in [5.74, 6) is -0.462. The van der Waals surface area contributed by atoms with E-state index in [2.05, 4.69) is 10.3 Å². The summed E-state index contributed by atoms with van der Waals surface area (Å²) in [7, 11) is 0. The molecule has 106 valence electrons. The summed E-state index contributed by atoms with van der Waals surface area (Å²) >= 11 is 1.39. The number of aromatic nitrogens is 1. The van der Waals surface area contributed by atoms with Crippen LogP contribution in [0.15, 0.2) is 12.1 Å². The summed E-state index contributed by atoms with van der Waals surface area (Å²) in [5, 5.41) is 14.6. The highest BCUT2D eigenvalue weighted by Gasteiger charge is 2.17. The Balaban J connectivity index is 2.31. The van der Waals surface area contributed by atoms with E-state index in [0.717, 1.165) is 9.71 Å². The molecule has 2 rings (SSSR count). The lowest BCUT2D eigenvalue weighted by atomic mass is 10.2. The average Bonchev–Trinajstić information content (AvgIpc) is 2.74. The Morgan fingerprint density at radius 2 is 2.30 bits per heavy atom. The molecular formula is C12H13N3O4S. The number of benzene rings is 1. The van der Waals surface area contributed by atoms with Crippen molar-refractivity contribution in [3.05, 3.63) is 27.3 Å². The van der Waals surface area contributed by atoms with Crippen LogP contribution in [-0.4, -0.2) is 29.0 Å². The summed E-state index contributed by atoms with van der Waals surface area (Å²) in [6.45, 7) is 3.68. The molecule has 0 radical (unpaired) electrons. The van der Waals surface area contributed by atoms with Gasteiger partial charge in [-0.2, -0.15) is 0 Å². The number of rotatable bonds is 5. The molecule has 0 aliphatic rings. The SMILES string of the molecule is CCOC(=O)CNc1cc2nc(C)sc2cc1[N+](=O)[O-]. The minimum Gasteiger partial charge on any atom is -0.465 e. The molecule has 0 saturated carbocycles. The number of fused-ring (bicyclic) bond motifs is 1. The van der Waals surface area contributed by atoms with Crippen molar-refractivity contribution in [1.29, 1.82) is 0 Å². The Labute approximate surface area is 118 Å². The molecular weight excluding hydrogens is 282 g/mol. The molecule has 0 atom stereocenters. The molecule has 0 aliphatic heterocycles. The molecule has 7 nitrogen and oxygen atoms in total. The Morgan fingerprint density at radius 1 is 1.55 bits per heavy atom. The quantitative estimate of drug-likeness (QED) is 0.517. The zero-order chi connectivity index (χ0) is 14.7. The van der Waals surface area contributed by atoms with Crippen LogP contribution in [0.4, 0.5) is 11.4 Å². The minimum absolute atomic E-state index is 0.0783. The largest absolute Gasteiger partial charge is 0.465 e. The first-order valence-corrected chi connectivity index (χ1v) is 6.78. The van der Waals surface area contributed by atoms with Crippen LogP contribution in [0.3, 0.4) is 0 Å². The predicted octanol–water partition coefficient (Wildman–Crippen LogP) is 2.49. The zero-order valence-corrected chi connectivity index (χ0v) is 11.8. The molecule has 0 spiro atoms. The third-order valence-electron chi connectivity index (χ3n) is 2.54. The average molecular weight is 295 g/mol. The molecule has 8 heteroatoms. The molecule has 1 aromatic heterocycles. The minimum atomic E-state index is -0.484. The summed E-state index contributed by atoms with van der Waals surface area (Å²) in [4.78, 5) is 26.2. The molecule has 0 aliphatic carbocycles. The number of nitro groups is 1. The van der Waals surface area contributed by atoms with E-state index in [1.165, 1.54) is 17.4 Å². The van der Waals surface area contributed by atoms with Gasteiger partial charge in [0.2, 0.25) is 0 Å². The number of thiazole rings is 1. The molecule has 2 aromatic rings. The first-order valence-electron chi connectivity index (χ1n) is 5.96. The van der Waals surface area contributed by atoms with Crippen molar-refractivity contribution in [2.24, 2.45) is 0 Å². The monoisotopic (exact) mass is 295 g/mol. The van der Waals surface area contributed by atoms with Gasteiger partial charge < -0.3 is 10.1 Å². The first kappa shape index (κ1) is 14.2. The highest BCUT2D eigenvalue weighted by atomic mass is 32.1. The lowest BCUT2D eigenvalue weighted by molar-refractivity contribution is -0.383. The highest BCUT2D eigenvalue weighted by molar-refractivity contribution is 7.18. The Kier molecular flexibility index (Phi) is 4.14. The van der Waals surface area contributed by atoms with E-state index in [1.807, 2.05) is 6.92 Å². The second-order valence-electron chi connectivity index (χ2n) is 3.99. The van der Waals surface area contributed by atoms with Gasteiger partial charge in [-0.15, -0.1) is 11.3 Å². The summed E-state index contributed by atoms with van der Waals surface area (Å²) in [6.07, 6.45) is 0. The number of aryl methyl sites for hydroxylation is 1. The van der Waals surface area contributed by atoms with E-state index in [9.17, 15) is 14.9 Å². The van der Waals surface area contributed by atoms with Crippen molar-refractivity contribution >= 4 is 38.9 Å². The number of carbonyl (C=O) groups is 1. The van der Waals surface area contributed by atoms with Gasteiger partial charge >= 0.3 is 5.97 Å². The fourth-order valence-corrected chi connectivity index (χ4v) is 2.59. The molecule has 0 amide bonds. The second-order valence-corrected chi connectivity index (χ2v) is 5.22. The zero-order valence-electron chi connectivity index (χ0n) is 11.0. The topological polar surface area (TPSA) is 94.4 Å². The predicted molar refractivity (Wildman–Crippen MR) is 76.1 cm³/mol. The van der Waals surface area contributed by atoms with Gasteiger partial charge in [0, 0.05) is 6.07 Å². The van der Waals surface area contributed by atoms with Gasteiger partial charge in [0.25, 0.3) is 5.69 Å². The normalized spacial score (nSPS) is 10.5. The second kappa shape index (κ2) is 5.83. The van der Waals surface area contributed by atoms with Crippen molar-refractivity contribution in [2.75, 3.05) is 18.5 Å². The van der Waals surface area contributed by atoms with E-state index in [1.54, 1.807) is 13.0 Å². The molecule has 0 fully saturated rings. The lowest BCUT2D eigenvalue weighted by Gasteiger charge is -2.06. The van der Waals surface area contributed by atoms with Gasteiger partial charge in [0.05, 0.1) is 26.8 Å². The van der Waals surface area contributed by atoms with Gasteiger partial charge in [-0.05, 0) is 19.9 Å². The Hall–Kier alpha value is -2.22. The fraction of sp³-hybridized carbons (Fsp3) is 0.333. The first-order chi connectivity index (χ1) is 9.51. The third-order valence-corrected chi connectivity index (χ3v) is 3.47. The van der Waals surface area contributed by atoms with Crippen LogP contribution in [0.1, 0.15) is 11.9 Å². The standard InChI is InChI=1S/C12H13N3O4S/c1-3-19-12(16)6-13-8-4-9-11(20-7(2)14-9)5-10(8)15(17)18/h4-5,13H,3,6H2,1-2H3. The van der Waals surface area contributed by atoms with Crippen LogP contribution in [0.5, 0.6) is 0 Å². The van der Waals surface area contributed by atoms with Gasteiger partial charge in [0.15, 0.2) is 0 Å². The number of carbonyl (C=O) groups excluding carboxylic acids is 1. The maximum absolute atomic E-state index is 11.3. The van der Waals surface area contributed by atoms with Crippen LogP contribution in [0, 0.1) is 17.0 Å². The van der Waals surface area contributed by atoms with E-state index in [4.69, 9.17) is 4.74 Å². The highest BCUT2D eigenvalue weighted by Crippen LogP contribution is 2.32. The number of nitro benzene ring substituents is 1. The molecule has 1 aromatic carbocycles. The van der Waals surface area contributed by atoms with Crippen molar-refractivity contribution in [3.63, 3.8) is 0 Å². The lowest BCUT2D eigenvalue weighted by Crippen LogP contribution is -2.17. The van der Waals surface area contributed by atoms with Gasteiger partial charge in [-0.1, -0.05) is 0 Å². The Bertz CT molecular complexity index is 668. The van der Waals surface area contributed by atoms with E-state index >= 15 is 0 Å². The summed E-state index contributed by atoms with van der Waals surface area (Å²) < 4.78 is 5.52. The van der Waals surface area contributed by atoms with E-state index in [-0.39, 0.29) is 24.5 Å². The molecule has 1 N–H and O–H groups in total.